The van der Waals surface area contributed by atoms with Crippen LogP contribution in [0.5, 0.6) is 0 Å². The number of anilines is 1. The number of rotatable bonds is 5. The molecule has 0 aliphatic heterocycles. The number of para-hydroxylation sites is 1. The number of hydrogen-bond donors (Lipinski definition) is 1. The van der Waals surface area contributed by atoms with E-state index >= 15 is 0 Å². The van der Waals surface area contributed by atoms with Gasteiger partial charge in [0.25, 0.3) is 0 Å². The number of benzene rings is 1. The minimum absolute atomic E-state index is 0.267. The van der Waals surface area contributed by atoms with Gasteiger partial charge in [-0.2, -0.15) is 0 Å². The van der Waals surface area contributed by atoms with E-state index in [2.05, 4.69) is 4.74 Å². The zero-order chi connectivity index (χ0) is 11.1. The average molecular weight is 209 g/mol. The van der Waals surface area contributed by atoms with E-state index in [0.29, 0.717) is 18.9 Å². The summed E-state index contributed by atoms with van der Waals surface area (Å²) in [6.07, 6.45) is 0.267. The first-order chi connectivity index (χ1) is 7.24. The minimum Gasteiger partial charge on any atom is -0.469 e. The molecule has 0 amide bonds. The molecule has 0 unspecified atom stereocenters. The van der Waals surface area contributed by atoms with Crippen molar-refractivity contribution in [3.8, 4) is 0 Å². The Morgan fingerprint density at radius 1 is 1.40 bits per heavy atom. The van der Waals surface area contributed by atoms with Gasteiger partial charge in [0.15, 0.2) is 0 Å². The topological polar surface area (TPSA) is 61.5 Å². The molecule has 0 heterocycles. The predicted molar refractivity (Wildman–Crippen MR) is 57.1 cm³/mol. The van der Waals surface area contributed by atoms with E-state index in [-0.39, 0.29) is 12.4 Å². The Kier molecular flexibility index (Phi) is 4.63. The molecule has 1 rings (SSSR count). The van der Waals surface area contributed by atoms with Gasteiger partial charge in [0.1, 0.15) is 0 Å². The second-order valence-electron chi connectivity index (χ2n) is 3.08. The number of hydrogen-bond acceptors (Lipinski definition) is 4. The summed E-state index contributed by atoms with van der Waals surface area (Å²) in [6, 6.07) is 7.48. The van der Waals surface area contributed by atoms with Crippen molar-refractivity contribution >= 4 is 11.7 Å². The van der Waals surface area contributed by atoms with E-state index in [1.54, 1.807) is 0 Å². The second-order valence-corrected chi connectivity index (χ2v) is 3.08. The summed E-state index contributed by atoms with van der Waals surface area (Å²) in [5.74, 6) is -0.268. The van der Waals surface area contributed by atoms with Crippen LogP contribution in [0, 0.1) is 0 Å². The van der Waals surface area contributed by atoms with E-state index in [9.17, 15) is 4.79 Å². The molecule has 0 radical (unpaired) electrons. The van der Waals surface area contributed by atoms with E-state index < -0.39 is 0 Å². The van der Waals surface area contributed by atoms with Gasteiger partial charge in [-0.25, -0.2) is 0 Å². The van der Waals surface area contributed by atoms with Gasteiger partial charge in [0.2, 0.25) is 0 Å². The lowest BCUT2D eigenvalue weighted by Crippen LogP contribution is -2.06. The quantitative estimate of drug-likeness (QED) is 0.451. The largest absolute Gasteiger partial charge is 0.469 e. The number of nitrogen functional groups attached to an aromatic ring is 1. The minimum atomic E-state index is -0.268. The van der Waals surface area contributed by atoms with Gasteiger partial charge < -0.3 is 15.2 Å². The van der Waals surface area contributed by atoms with Crippen molar-refractivity contribution in [3.63, 3.8) is 0 Å². The molecular weight excluding hydrogens is 194 g/mol. The lowest BCUT2D eigenvalue weighted by atomic mass is 10.2. The van der Waals surface area contributed by atoms with Crippen LogP contribution in [0.3, 0.4) is 0 Å². The van der Waals surface area contributed by atoms with Gasteiger partial charge in [-0.05, 0) is 6.07 Å². The summed E-state index contributed by atoms with van der Waals surface area (Å²) in [6.45, 7) is 0.769. The van der Waals surface area contributed by atoms with Crippen LogP contribution in [0.1, 0.15) is 12.0 Å². The SMILES string of the molecule is COC(=O)CCOCc1ccccc1N. The Hall–Kier alpha value is -1.55. The summed E-state index contributed by atoms with van der Waals surface area (Å²) >= 11 is 0. The van der Waals surface area contributed by atoms with Crippen LogP contribution < -0.4 is 5.73 Å². The molecule has 0 aliphatic carbocycles. The van der Waals surface area contributed by atoms with Gasteiger partial charge in [-0.1, -0.05) is 18.2 Å². The fourth-order valence-corrected chi connectivity index (χ4v) is 1.11. The van der Waals surface area contributed by atoms with Gasteiger partial charge in [0, 0.05) is 11.3 Å². The Balaban J connectivity index is 2.26. The predicted octanol–water partition coefficient (Wildman–Crippen LogP) is 1.35. The molecular formula is C11H15NO3. The van der Waals surface area contributed by atoms with Crippen LogP contribution in [0.2, 0.25) is 0 Å². The number of carbonyl (C=O) groups excluding carboxylic acids is 1. The molecule has 1 aromatic rings. The highest BCUT2D eigenvalue weighted by Gasteiger charge is 2.01. The van der Waals surface area contributed by atoms with Crippen LogP contribution in [-0.2, 0) is 20.9 Å². The van der Waals surface area contributed by atoms with Crippen LogP contribution in [0.15, 0.2) is 24.3 Å². The molecule has 1 aromatic carbocycles. The molecule has 0 spiro atoms. The molecule has 4 nitrogen and oxygen atoms in total. The Morgan fingerprint density at radius 3 is 2.80 bits per heavy atom. The Bertz CT molecular complexity index is 325. The molecule has 0 saturated heterocycles. The third-order valence-electron chi connectivity index (χ3n) is 1.99. The Morgan fingerprint density at radius 2 is 2.13 bits per heavy atom. The molecule has 2 N–H and O–H groups in total. The molecule has 15 heavy (non-hydrogen) atoms. The number of ether oxygens (including phenoxy) is 2. The molecule has 0 fully saturated rings. The first-order valence-corrected chi connectivity index (χ1v) is 4.72. The molecule has 0 atom stereocenters. The highest BCUT2D eigenvalue weighted by Crippen LogP contribution is 2.11. The van der Waals surface area contributed by atoms with Gasteiger partial charge >= 0.3 is 5.97 Å². The van der Waals surface area contributed by atoms with Crippen molar-refractivity contribution < 1.29 is 14.3 Å². The smallest absolute Gasteiger partial charge is 0.307 e. The zero-order valence-corrected chi connectivity index (χ0v) is 8.73. The summed E-state index contributed by atoms with van der Waals surface area (Å²) < 4.78 is 9.77. The molecule has 0 aromatic heterocycles. The maximum Gasteiger partial charge on any atom is 0.307 e. The monoisotopic (exact) mass is 209 g/mol. The highest BCUT2D eigenvalue weighted by molar-refractivity contribution is 5.69. The van der Waals surface area contributed by atoms with Crippen molar-refractivity contribution in [1.82, 2.24) is 0 Å². The third kappa shape index (κ3) is 3.99. The summed E-state index contributed by atoms with van der Waals surface area (Å²) in [5, 5.41) is 0. The lowest BCUT2D eigenvalue weighted by Gasteiger charge is -2.05. The first-order valence-electron chi connectivity index (χ1n) is 4.72. The van der Waals surface area contributed by atoms with Crippen LogP contribution >= 0.6 is 0 Å². The molecule has 4 heteroatoms. The van der Waals surface area contributed by atoms with Gasteiger partial charge in [0.05, 0.1) is 26.7 Å². The Labute approximate surface area is 89.0 Å². The number of carbonyl (C=O) groups is 1. The fraction of sp³-hybridized carbons (Fsp3) is 0.364. The number of nitrogens with two attached hydrogens (primary N) is 1. The van der Waals surface area contributed by atoms with Crippen LogP contribution in [0.4, 0.5) is 5.69 Å². The highest BCUT2D eigenvalue weighted by atomic mass is 16.5. The maximum absolute atomic E-state index is 10.8. The molecule has 82 valence electrons. The fourth-order valence-electron chi connectivity index (χ4n) is 1.11. The molecule has 0 aliphatic rings. The third-order valence-corrected chi connectivity index (χ3v) is 1.99. The van der Waals surface area contributed by atoms with E-state index in [0.717, 1.165) is 5.56 Å². The van der Waals surface area contributed by atoms with Crippen molar-refractivity contribution in [3.05, 3.63) is 29.8 Å². The van der Waals surface area contributed by atoms with E-state index in [4.69, 9.17) is 10.5 Å². The first kappa shape index (κ1) is 11.5. The van der Waals surface area contributed by atoms with Crippen LogP contribution in [0.25, 0.3) is 0 Å². The standard InChI is InChI=1S/C11H15NO3/c1-14-11(13)6-7-15-8-9-4-2-3-5-10(9)12/h2-5H,6-8,12H2,1H3. The second kappa shape index (κ2) is 6.03. The number of esters is 1. The van der Waals surface area contributed by atoms with E-state index in [1.807, 2.05) is 24.3 Å². The van der Waals surface area contributed by atoms with E-state index in [1.165, 1.54) is 7.11 Å². The van der Waals surface area contributed by atoms with Gasteiger partial charge in [-0.3, -0.25) is 4.79 Å². The van der Waals surface area contributed by atoms with Crippen molar-refractivity contribution in [2.45, 2.75) is 13.0 Å². The summed E-state index contributed by atoms with van der Waals surface area (Å²) in [5.41, 5.74) is 7.35. The van der Waals surface area contributed by atoms with Crippen LogP contribution in [-0.4, -0.2) is 19.7 Å². The normalized spacial score (nSPS) is 9.93. The maximum atomic E-state index is 10.8. The average Bonchev–Trinajstić information content (AvgIpc) is 2.26. The van der Waals surface area contributed by atoms with Gasteiger partial charge in [-0.15, -0.1) is 0 Å². The number of methoxy groups -OCH3 is 1. The molecule has 0 bridgehead atoms. The summed E-state index contributed by atoms with van der Waals surface area (Å²) in [7, 11) is 1.36. The lowest BCUT2D eigenvalue weighted by molar-refractivity contribution is -0.141. The van der Waals surface area contributed by atoms with Crippen molar-refractivity contribution in [2.24, 2.45) is 0 Å². The van der Waals surface area contributed by atoms with Crippen molar-refractivity contribution in [1.29, 1.82) is 0 Å². The summed E-state index contributed by atoms with van der Waals surface area (Å²) in [4.78, 5) is 10.8. The van der Waals surface area contributed by atoms with Crippen molar-refractivity contribution in [2.75, 3.05) is 19.5 Å². The molecule has 0 saturated carbocycles. The zero-order valence-electron chi connectivity index (χ0n) is 8.73.